The van der Waals surface area contributed by atoms with Gasteiger partial charge in [0.15, 0.2) is 34.7 Å². The van der Waals surface area contributed by atoms with Gasteiger partial charge in [0, 0.05) is 0 Å². The molecule has 0 unspecified atom stereocenters. The van der Waals surface area contributed by atoms with Gasteiger partial charge >= 0.3 is 5.97 Å². The highest BCUT2D eigenvalue weighted by Gasteiger charge is 2.27. The number of esters is 1. The average Bonchev–Trinajstić information content (AvgIpc) is 2.54. The smallest absolute Gasteiger partial charge is 0.360 e. The maximum atomic E-state index is 14.6. The van der Waals surface area contributed by atoms with Gasteiger partial charge in [0.1, 0.15) is 0 Å². The zero-order valence-electron chi connectivity index (χ0n) is 14.6. The van der Waals surface area contributed by atoms with Crippen molar-refractivity contribution in [3.05, 3.63) is 29.5 Å². The van der Waals surface area contributed by atoms with Crippen LogP contribution in [0.25, 0.3) is 11.4 Å². The van der Waals surface area contributed by atoms with Gasteiger partial charge in [-0.25, -0.2) is 23.5 Å². The van der Waals surface area contributed by atoms with E-state index in [1.165, 1.54) is 19.2 Å². The molecule has 0 saturated carbocycles. The number of hydrogen-bond acceptors (Lipinski definition) is 6. The molecule has 0 saturated heterocycles. The number of carbonyl (C=O) groups is 1. The zero-order valence-corrected chi connectivity index (χ0v) is 15.6. The number of benzene rings is 1. The molecule has 25 heavy (non-hydrogen) atoms. The fraction of sp³-hybridized carbons (Fsp3) is 0.312. The number of halogens is 2. The summed E-state index contributed by atoms with van der Waals surface area (Å²) in [7, 11) is 0.369. The molecule has 2 rings (SSSR count). The van der Waals surface area contributed by atoms with Gasteiger partial charge in [-0.05, 0) is 11.3 Å². The highest BCUT2D eigenvalue weighted by Crippen LogP contribution is 2.29. The van der Waals surface area contributed by atoms with Gasteiger partial charge in [0.05, 0.1) is 27.9 Å². The number of hydrogen-bond donors (Lipinski definition) is 1. The number of ether oxygens (including phenoxy) is 2. The Hall–Kier alpha value is -2.55. The van der Waals surface area contributed by atoms with Crippen LogP contribution in [-0.2, 0) is 4.74 Å². The van der Waals surface area contributed by atoms with E-state index in [0.717, 1.165) is 7.11 Å². The molecule has 1 aromatic carbocycles. The lowest BCUT2D eigenvalue weighted by molar-refractivity contribution is 0.0590. The summed E-state index contributed by atoms with van der Waals surface area (Å²) in [6, 6.07) is 2.90. The standard InChI is InChI=1S/C16H19F2N3O3Si/c1-23-13-12(16(22)24-2)20-15(21-14(13)19)8-6-7-9(25(3,4)5)11(18)10(8)17/h6-7H,1-5H3,(H2,19,20,21). The normalized spacial score (nSPS) is 11.3. The van der Waals surface area contributed by atoms with Gasteiger partial charge in [0.2, 0.25) is 0 Å². The van der Waals surface area contributed by atoms with Crippen LogP contribution in [0.15, 0.2) is 12.1 Å². The Balaban J connectivity index is 2.69. The Kier molecular flexibility index (Phi) is 5.07. The molecule has 2 N–H and O–H groups in total. The molecule has 2 aromatic rings. The third-order valence-electron chi connectivity index (χ3n) is 3.61. The lowest BCUT2D eigenvalue weighted by Crippen LogP contribution is -2.40. The van der Waals surface area contributed by atoms with Gasteiger partial charge in [-0.3, -0.25) is 0 Å². The van der Waals surface area contributed by atoms with Crippen LogP contribution in [0, 0.1) is 11.6 Å². The van der Waals surface area contributed by atoms with Crippen LogP contribution < -0.4 is 15.7 Å². The Morgan fingerprint density at radius 3 is 2.28 bits per heavy atom. The number of nitrogens with two attached hydrogens (primary N) is 1. The van der Waals surface area contributed by atoms with E-state index < -0.39 is 25.7 Å². The molecule has 0 atom stereocenters. The first-order chi connectivity index (χ1) is 11.6. The molecule has 0 aliphatic rings. The first kappa shape index (κ1) is 18.8. The van der Waals surface area contributed by atoms with E-state index in [9.17, 15) is 13.6 Å². The minimum Gasteiger partial charge on any atom is -0.491 e. The van der Waals surface area contributed by atoms with Crippen LogP contribution in [0.2, 0.25) is 19.6 Å². The molecule has 6 nitrogen and oxygen atoms in total. The summed E-state index contributed by atoms with van der Waals surface area (Å²) in [6.45, 7) is 5.71. The number of nitrogens with zero attached hydrogens (tertiary/aromatic N) is 2. The van der Waals surface area contributed by atoms with Crippen LogP contribution in [0.3, 0.4) is 0 Å². The largest absolute Gasteiger partial charge is 0.491 e. The van der Waals surface area contributed by atoms with E-state index >= 15 is 0 Å². The van der Waals surface area contributed by atoms with E-state index in [0.29, 0.717) is 5.19 Å². The summed E-state index contributed by atoms with van der Waals surface area (Å²) >= 11 is 0. The Bertz CT molecular complexity index is 838. The molecule has 134 valence electrons. The molecule has 0 spiro atoms. The molecule has 1 aromatic heterocycles. The van der Waals surface area contributed by atoms with Crippen molar-refractivity contribution in [3.8, 4) is 17.1 Å². The number of rotatable bonds is 4. The fourth-order valence-electron chi connectivity index (χ4n) is 2.33. The highest BCUT2D eigenvalue weighted by atomic mass is 28.3. The second-order valence-corrected chi connectivity index (χ2v) is 11.4. The number of aromatic nitrogens is 2. The number of carbonyl (C=O) groups excluding carboxylic acids is 1. The minimum atomic E-state index is -2.07. The molecule has 1 heterocycles. The van der Waals surface area contributed by atoms with Crippen molar-refractivity contribution in [1.29, 1.82) is 0 Å². The number of nitrogen functional groups attached to an aromatic ring is 1. The van der Waals surface area contributed by atoms with Crippen LogP contribution in [0.4, 0.5) is 14.6 Å². The lowest BCUT2D eigenvalue weighted by Gasteiger charge is -2.19. The van der Waals surface area contributed by atoms with Gasteiger partial charge < -0.3 is 15.2 Å². The van der Waals surface area contributed by atoms with Crippen molar-refractivity contribution in [3.63, 3.8) is 0 Å². The molecule has 0 radical (unpaired) electrons. The Labute approximate surface area is 145 Å². The minimum absolute atomic E-state index is 0.0878. The molecule has 0 amide bonds. The second kappa shape index (κ2) is 6.75. The second-order valence-electron chi connectivity index (χ2n) is 6.34. The fourth-order valence-corrected chi connectivity index (χ4v) is 3.68. The van der Waals surface area contributed by atoms with E-state index in [-0.39, 0.29) is 28.6 Å². The quantitative estimate of drug-likeness (QED) is 0.659. The highest BCUT2D eigenvalue weighted by molar-refractivity contribution is 6.88. The predicted octanol–water partition coefficient (Wildman–Crippen LogP) is 2.34. The lowest BCUT2D eigenvalue weighted by atomic mass is 10.2. The van der Waals surface area contributed by atoms with Crippen molar-refractivity contribution in [1.82, 2.24) is 9.97 Å². The summed E-state index contributed by atoms with van der Waals surface area (Å²) in [4.78, 5) is 19.7. The van der Waals surface area contributed by atoms with Crippen molar-refractivity contribution in [2.75, 3.05) is 20.0 Å². The molecule has 9 heteroatoms. The van der Waals surface area contributed by atoms with Crippen LogP contribution in [-0.4, -0.2) is 38.2 Å². The van der Waals surface area contributed by atoms with Gasteiger partial charge in [-0.2, -0.15) is 0 Å². The molecule has 0 aliphatic heterocycles. The summed E-state index contributed by atoms with van der Waals surface area (Å²) in [5.41, 5.74) is 5.30. The molecule has 0 bridgehead atoms. The van der Waals surface area contributed by atoms with Crippen molar-refractivity contribution < 1.29 is 23.0 Å². The van der Waals surface area contributed by atoms with E-state index in [4.69, 9.17) is 10.5 Å². The van der Waals surface area contributed by atoms with Crippen LogP contribution in [0.1, 0.15) is 10.5 Å². The maximum Gasteiger partial charge on any atom is 0.360 e. The van der Waals surface area contributed by atoms with Crippen molar-refractivity contribution in [2.45, 2.75) is 19.6 Å². The van der Waals surface area contributed by atoms with Gasteiger partial charge in [-0.15, -0.1) is 0 Å². The summed E-state index contributed by atoms with van der Waals surface area (Å²) < 4.78 is 38.7. The summed E-state index contributed by atoms with van der Waals surface area (Å²) in [5, 5.41) is 0.350. The maximum absolute atomic E-state index is 14.6. The third-order valence-corrected chi connectivity index (χ3v) is 5.61. The Morgan fingerprint density at radius 2 is 1.76 bits per heavy atom. The zero-order chi connectivity index (χ0) is 18.9. The van der Waals surface area contributed by atoms with Crippen molar-refractivity contribution >= 4 is 25.0 Å². The van der Waals surface area contributed by atoms with Crippen molar-refractivity contribution in [2.24, 2.45) is 0 Å². The average molecular weight is 367 g/mol. The van der Waals surface area contributed by atoms with E-state index in [2.05, 4.69) is 14.7 Å². The Morgan fingerprint density at radius 1 is 1.12 bits per heavy atom. The van der Waals surface area contributed by atoms with Gasteiger partial charge in [-0.1, -0.05) is 25.7 Å². The van der Waals surface area contributed by atoms with Crippen LogP contribution >= 0.6 is 0 Å². The topological polar surface area (TPSA) is 87.3 Å². The van der Waals surface area contributed by atoms with E-state index in [1.807, 2.05) is 19.6 Å². The molecule has 0 fully saturated rings. The third kappa shape index (κ3) is 3.46. The number of methoxy groups -OCH3 is 2. The molecule has 0 aliphatic carbocycles. The number of anilines is 1. The van der Waals surface area contributed by atoms with Gasteiger partial charge in [0.25, 0.3) is 0 Å². The van der Waals surface area contributed by atoms with E-state index in [1.54, 1.807) is 0 Å². The molecular formula is C16H19F2N3O3Si. The van der Waals surface area contributed by atoms with Crippen LogP contribution in [0.5, 0.6) is 5.75 Å². The first-order valence-corrected chi connectivity index (χ1v) is 10.9. The molecular weight excluding hydrogens is 348 g/mol. The first-order valence-electron chi connectivity index (χ1n) is 7.40. The summed E-state index contributed by atoms with van der Waals surface area (Å²) in [6.07, 6.45) is 0. The SMILES string of the molecule is COC(=O)c1nc(-c2ccc([Si](C)(C)C)c(F)c2F)nc(N)c1OC. The monoisotopic (exact) mass is 367 g/mol. The summed E-state index contributed by atoms with van der Waals surface area (Å²) in [5.74, 6) is -3.34. The predicted molar refractivity (Wildman–Crippen MR) is 92.7 cm³/mol.